The number of rotatable bonds is 10. The van der Waals surface area contributed by atoms with Crippen LogP contribution in [0.3, 0.4) is 0 Å². The topological polar surface area (TPSA) is 17.1 Å². The first-order valence-electron chi connectivity index (χ1n) is 6.36. The van der Waals surface area contributed by atoms with Crippen molar-refractivity contribution in [1.82, 2.24) is 0 Å². The van der Waals surface area contributed by atoms with Crippen LogP contribution in [0.4, 0.5) is 0 Å². The molecule has 0 heterocycles. The Kier molecular flexibility index (Phi) is 9.20. The Balaban J connectivity index is 3.94. The second-order valence-electron chi connectivity index (χ2n) is 4.39. The maximum atomic E-state index is 12.5. The molecule has 0 aromatic heterocycles. The zero-order chi connectivity index (χ0) is 11.6. The lowest BCUT2D eigenvalue weighted by molar-refractivity contribution is 0.569. The lowest BCUT2D eigenvalue weighted by Crippen LogP contribution is -1.99. The SMILES string of the molecule is C=CCP(=O)(CCCCC)CCCCC. The first-order chi connectivity index (χ1) is 7.18. The molecule has 0 atom stereocenters. The minimum absolute atomic E-state index is 0.750. The molecule has 0 unspecified atom stereocenters. The molecule has 0 aliphatic heterocycles. The summed E-state index contributed by atoms with van der Waals surface area (Å²) in [5.41, 5.74) is 0. The van der Waals surface area contributed by atoms with Crippen LogP contribution in [0.15, 0.2) is 12.7 Å². The van der Waals surface area contributed by atoms with Crippen molar-refractivity contribution in [3.05, 3.63) is 12.7 Å². The summed E-state index contributed by atoms with van der Waals surface area (Å²) in [5.74, 6) is 0. The quantitative estimate of drug-likeness (QED) is 0.296. The fourth-order valence-corrected chi connectivity index (χ4v) is 4.49. The Labute approximate surface area is 95.7 Å². The number of allylic oxidation sites excluding steroid dienone is 1. The van der Waals surface area contributed by atoms with Crippen LogP contribution in [0.25, 0.3) is 0 Å². The van der Waals surface area contributed by atoms with E-state index in [1.165, 1.54) is 25.7 Å². The molecule has 15 heavy (non-hydrogen) atoms. The molecule has 0 spiro atoms. The Morgan fingerprint density at radius 1 is 1.00 bits per heavy atom. The van der Waals surface area contributed by atoms with Crippen LogP contribution >= 0.6 is 7.14 Å². The van der Waals surface area contributed by atoms with Gasteiger partial charge in [0.2, 0.25) is 0 Å². The maximum Gasteiger partial charge on any atom is 0.0913 e. The van der Waals surface area contributed by atoms with E-state index in [2.05, 4.69) is 20.4 Å². The van der Waals surface area contributed by atoms with Crippen molar-refractivity contribution >= 4 is 7.14 Å². The van der Waals surface area contributed by atoms with E-state index >= 15 is 0 Å². The molecule has 2 heteroatoms. The molecule has 1 nitrogen and oxygen atoms in total. The number of hydrogen-bond acceptors (Lipinski definition) is 1. The van der Waals surface area contributed by atoms with Crippen molar-refractivity contribution in [3.8, 4) is 0 Å². The summed E-state index contributed by atoms with van der Waals surface area (Å²) >= 11 is 0. The van der Waals surface area contributed by atoms with E-state index in [4.69, 9.17) is 0 Å². The Morgan fingerprint density at radius 2 is 1.47 bits per heavy atom. The minimum atomic E-state index is -1.90. The first kappa shape index (κ1) is 15.0. The van der Waals surface area contributed by atoms with Gasteiger partial charge in [-0.3, -0.25) is 0 Å². The summed E-state index contributed by atoms with van der Waals surface area (Å²) in [6.07, 6.45) is 11.6. The van der Waals surface area contributed by atoms with Crippen LogP contribution in [-0.2, 0) is 4.57 Å². The van der Waals surface area contributed by atoms with Crippen LogP contribution < -0.4 is 0 Å². The molecule has 0 radical (unpaired) electrons. The Morgan fingerprint density at radius 3 is 1.80 bits per heavy atom. The standard InChI is InChI=1S/C13H27OP/c1-4-7-9-12-15(14,11-6-3)13-10-8-5-2/h6H,3-5,7-13H2,1-2H3. The highest BCUT2D eigenvalue weighted by Gasteiger charge is 2.18. The van der Waals surface area contributed by atoms with Crippen molar-refractivity contribution in [1.29, 1.82) is 0 Å². The van der Waals surface area contributed by atoms with Crippen molar-refractivity contribution < 1.29 is 4.57 Å². The van der Waals surface area contributed by atoms with Crippen LogP contribution in [0.1, 0.15) is 52.4 Å². The van der Waals surface area contributed by atoms with Crippen molar-refractivity contribution in [2.75, 3.05) is 18.5 Å². The molecule has 0 rings (SSSR count). The number of unbranched alkanes of at least 4 members (excludes halogenated alkanes) is 4. The lowest BCUT2D eigenvalue weighted by atomic mass is 10.3. The third-order valence-electron chi connectivity index (χ3n) is 2.80. The molecule has 0 saturated carbocycles. The van der Waals surface area contributed by atoms with E-state index in [-0.39, 0.29) is 0 Å². The summed E-state index contributed by atoms with van der Waals surface area (Å²) in [6.45, 7) is 8.11. The predicted molar refractivity (Wildman–Crippen MR) is 71.5 cm³/mol. The van der Waals surface area contributed by atoms with Crippen LogP contribution in [0.5, 0.6) is 0 Å². The van der Waals surface area contributed by atoms with Gasteiger partial charge in [0.1, 0.15) is 0 Å². The van der Waals surface area contributed by atoms with Gasteiger partial charge in [0, 0.05) is 18.5 Å². The van der Waals surface area contributed by atoms with E-state index in [1.54, 1.807) is 0 Å². The van der Waals surface area contributed by atoms with E-state index in [0.29, 0.717) is 0 Å². The van der Waals surface area contributed by atoms with Gasteiger partial charge in [-0.25, -0.2) is 0 Å². The highest BCUT2D eigenvalue weighted by Crippen LogP contribution is 2.47. The lowest BCUT2D eigenvalue weighted by Gasteiger charge is -2.16. The monoisotopic (exact) mass is 230 g/mol. The van der Waals surface area contributed by atoms with E-state index in [1.807, 2.05) is 6.08 Å². The van der Waals surface area contributed by atoms with Gasteiger partial charge < -0.3 is 4.57 Å². The zero-order valence-electron chi connectivity index (χ0n) is 10.5. The smallest absolute Gasteiger partial charge is 0.0913 e. The van der Waals surface area contributed by atoms with Crippen LogP contribution in [0.2, 0.25) is 0 Å². The largest absolute Gasteiger partial charge is 0.323 e. The molecule has 0 bridgehead atoms. The first-order valence-corrected chi connectivity index (χ1v) is 8.62. The molecule has 0 N–H and O–H groups in total. The molecule has 0 aromatic carbocycles. The summed E-state index contributed by atoms with van der Waals surface area (Å²) in [6, 6.07) is 0. The third kappa shape index (κ3) is 7.85. The molecule has 0 aliphatic carbocycles. The van der Waals surface area contributed by atoms with Gasteiger partial charge in [0.15, 0.2) is 0 Å². The normalized spacial score (nSPS) is 11.6. The van der Waals surface area contributed by atoms with E-state index < -0.39 is 7.14 Å². The van der Waals surface area contributed by atoms with Gasteiger partial charge in [-0.15, -0.1) is 6.58 Å². The Bertz CT molecular complexity index is 185. The van der Waals surface area contributed by atoms with Gasteiger partial charge in [-0.1, -0.05) is 45.6 Å². The van der Waals surface area contributed by atoms with Gasteiger partial charge in [-0.05, 0) is 12.8 Å². The molecule has 0 aromatic rings. The second-order valence-corrected chi connectivity index (χ2v) is 7.77. The maximum absolute atomic E-state index is 12.5. The zero-order valence-corrected chi connectivity index (χ0v) is 11.4. The summed E-state index contributed by atoms with van der Waals surface area (Å²) < 4.78 is 12.5. The summed E-state index contributed by atoms with van der Waals surface area (Å²) in [4.78, 5) is 0. The van der Waals surface area contributed by atoms with Gasteiger partial charge in [0.05, 0.1) is 7.14 Å². The Hall–Kier alpha value is -0.0300. The van der Waals surface area contributed by atoms with E-state index in [0.717, 1.165) is 31.3 Å². The average molecular weight is 230 g/mol. The molecule has 0 amide bonds. The second kappa shape index (κ2) is 9.21. The van der Waals surface area contributed by atoms with Gasteiger partial charge in [0.25, 0.3) is 0 Å². The molecular weight excluding hydrogens is 203 g/mol. The summed E-state index contributed by atoms with van der Waals surface area (Å²) in [7, 11) is -1.90. The van der Waals surface area contributed by atoms with Crippen molar-refractivity contribution in [3.63, 3.8) is 0 Å². The van der Waals surface area contributed by atoms with E-state index in [9.17, 15) is 4.57 Å². The molecule has 90 valence electrons. The van der Waals surface area contributed by atoms with Gasteiger partial charge >= 0.3 is 0 Å². The van der Waals surface area contributed by atoms with Crippen LogP contribution in [-0.4, -0.2) is 18.5 Å². The minimum Gasteiger partial charge on any atom is -0.323 e. The van der Waals surface area contributed by atoms with Crippen LogP contribution in [0, 0.1) is 0 Å². The highest BCUT2D eigenvalue weighted by atomic mass is 31.2. The molecule has 0 fully saturated rings. The fourth-order valence-electron chi connectivity index (χ4n) is 1.83. The van der Waals surface area contributed by atoms with Crippen molar-refractivity contribution in [2.45, 2.75) is 52.4 Å². The fraction of sp³-hybridized carbons (Fsp3) is 0.846. The number of hydrogen-bond donors (Lipinski definition) is 0. The molecule has 0 aliphatic rings. The van der Waals surface area contributed by atoms with Crippen molar-refractivity contribution in [2.24, 2.45) is 0 Å². The predicted octanol–water partition coefficient (Wildman–Crippen LogP) is 4.92. The average Bonchev–Trinajstić information content (AvgIpc) is 2.19. The molecule has 0 saturated heterocycles. The highest BCUT2D eigenvalue weighted by molar-refractivity contribution is 7.64. The molecular formula is C13H27OP. The third-order valence-corrected chi connectivity index (χ3v) is 5.99. The van der Waals surface area contributed by atoms with Gasteiger partial charge in [-0.2, -0.15) is 0 Å². The summed E-state index contributed by atoms with van der Waals surface area (Å²) in [5, 5.41) is 0.